The molecule has 0 radical (unpaired) electrons. The number of H-pyrrole nitrogens is 1. The Morgan fingerprint density at radius 1 is 1.14 bits per heavy atom. The van der Waals surface area contributed by atoms with Gasteiger partial charge in [-0.25, -0.2) is 4.98 Å². The van der Waals surface area contributed by atoms with Crippen molar-refractivity contribution in [3.63, 3.8) is 0 Å². The van der Waals surface area contributed by atoms with E-state index in [2.05, 4.69) is 45.8 Å². The second-order valence-corrected chi connectivity index (χ2v) is 6.23. The fraction of sp³-hybridized carbons (Fsp3) is 0.176. The van der Waals surface area contributed by atoms with Crippen LogP contribution in [0.2, 0.25) is 0 Å². The van der Waals surface area contributed by atoms with Gasteiger partial charge in [0, 0.05) is 10.0 Å². The first kappa shape index (κ1) is 14.0. The summed E-state index contributed by atoms with van der Waals surface area (Å²) >= 11 is 3.50. The standard InChI is InChI=1S/C17H15BrN2O/c1-10(2)14-9-11(18)7-8-12(14)16-19-15-6-4-3-5-13(15)17(21)20-16/h3-10H,1-2H3,(H,19,20,21). The maximum atomic E-state index is 12.2. The number of aromatic nitrogens is 2. The Balaban J connectivity index is 2.28. The van der Waals surface area contributed by atoms with Crippen molar-refractivity contribution in [3.8, 4) is 11.4 Å². The molecule has 1 heterocycles. The van der Waals surface area contributed by atoms with Gasteiger partial charge in [-0.05, 0) is 41.8 Å². The van der Waals surface area contributed by atoms with Crippen LogP contribution in [0, 0.1) is 0 Å². The van der Waals surface area contributed by atoms with Crippen LogP contribution in [0.1, 0.15) is 25.3 Å². The van der Waals surface area contributed by atoms with Crippen molar-refractivity contribution in [2.75, 3.05) is 0 Å². The molecule has 1 N–H and O–H groups in total. The van der Waals surface area contributed by atoms with E-state index < -0.39 is 0 Å². The second-order valence-electron chi connectivity index (χ2n) is 5.32. The Morgan fingerprint density at radius 2 is 1.90 bits per heavy atom. The van der Waals surface area contributed by atoms with Crippen LogP contribution >= 0.6 is 15.9 Å². The number of hydrogen-bond donors (Lipinski definition) is 1. The minimum absolute atomic E-state index is 0.103. The lowest BCUT2D eigenvalue weighted by Crippen LogP contribution is -2.10. The van der Waals surface area contributed by atoms with Gasteiger partial charge in [0.1, 0.15) is 5.82 Å². The predicted molar refractivity (Wildman–Crippen MR) is 89.6 cm³/mol. The minimum Gasteiger partial charge on any atom is -0.306 e. The molecule has 3 rings (SSSR count). The largest absolute Gasteiger partial charge is 0.306 e. The number of fused-ring (bicyclic) bond motifs is 1. The second kappa shape index (κ2) is 5.45. The van der Waals surface area contributed by atoms with Crippen molar-refractivity contribution < 1.29 is 0 Å². The normalized spacial score (nSPS) is 11.2. The molecule has 0 saturated heterocycles. The summed E-state index contributed by atoms with van der Waals surface area (Å²) in [6.45, 7) is 4.26. The zero-order valence-electron chi connectivity index (χ0n) is 11.9. The van der Waals surface area contributed by atoms with Crippen molar-refractivity contribution in [1.29, 1.82) is 0 Å². The first-order valence-electron chi connectivity index (χ1n) is 6.85. The molecule has 2 aromatic carbocycles. The van der Waals surface area contributed by atoms with E-state index in [9.17, 15) is 4.79 Å². The van der Waals surface area contributed by atoms with Crippen LogP contribution in [-0.4, -0.2) is 9.97 Å². The van der Waals surface area contributed by atoms with Gasteiger partial charge in [-0.3, -0.25) is 4.79 Å². The zero-order chi connectivity index (χ0) is 15.0. The van der Waals surface area contributed by atoms with Gasteiger partial charge >= 0.3 is 0 Å². The van der Waals surface area contributed by atoms with Crippen LogP contribution in [0.3, 0.4) is 0 Å². The molecule has 0 fully saturated rings. The minimum atomic E-state index is -0.103. The fourth-order valence-electron chi connectivity index (χ4n) is 2.44. The van der Waals surface area contributed by atoms with Crippen molar-refractivity contribution in [3.05, 3.63) is 62.9 Å². The summed E-state index contributed by atoms with van der Waals surface area (Å²) < 4.78 is 1.03. The van der Waals surface area contributed by atoms with Gasteiger partial charge in [0.2, 0.25) is 0 Å². The van der Waals surface area contributed by atoms with Crippen molar-refractivity contribution >= 4 is 26.8 Å². The van der Waals surface area contributed by atoms with Crippen LogP contribution in [0.15, 0.2) is 51.7 Å². The van der Waals surface area contributed by atoms with Gasteiger partial charge in [-0.1, -0.05) is 41.9 Å². The molecule has 0 aliphatic heterocycles. The topological polar surface area (TPSA) is 45.8 Å². The molecule has 0 spiro atoms. The third-order valence-corrected chi connectivity index (χ3v) is 4.00. The number of halogens is 1. The van der Waals surface area contributed by atoms with Crippen LogP contribution in [0.5, 0.6) is 0 Å². The highest BCUT2D eigenvalue weighted by Crippen LogP contribution is 2.29. The van der Waals surface area contributed by atoms with Gasteiger partial charge in [0.25, 0.3) is 5.56 Å². The summed E-state index contributed by atoms with van der Waals surface area (Å²) in [5, 5.41) is 0.615. The molecular weight excluding hydrogens is 328 g/mol. The third-order valence-electron chi connectivity index (χ3n) is 3.50. The molecule has 106 valence electrons. The highest BCUT2D eigenvalue weighted by atomic mass is 79.9. The third kappa shape index (κ3) is 2.63. The van der Waals surface area contributed by atoms with E-state index in [-0.39, 0.29) is 5.56 Å². The average molecular weight is 343 g/mol. The summed E-state index contributed by atoms with van der Waals surface area (Å²) in [6, 6.07) is 13.4. The first-order valence-corrected chi connectivity index (χ1v) is 7.64. The average Bonchev–Trinajstić information content (AvgIpc) is 2.47. The molecule has 0 unspecified atom stereocenters. The molecule has 0 amide bonds. The molecule has 0 atom stereocenters. The van der Waals surface area contributed by atoms with E-state index in [1.165, 1.54) is 0 Å². The molecule has 1 aromatic heterocycles. The summed E-state index contributed by atoms with van der Waals surface area (Å²) in [5.41, 5.74) is 2.74. The molecule has 3 nitrogen and oxygen atoms in total. The highest BCUT2D eigenvalue weighted by Gasteiger charge is 2.12. The Labute approximate surface area is 131 Å². The van der Waals surface area contributed by atoms with E-state index in [4.69, 9.17) is 0 Å². The van der Waals surface area contributed by atoms with Crippen LogP contribution < -0.4 is 5.56 Å². The maximum absolute atomic E-state index is 12.2. The van der Waals surface area contributed by atoms with Crippen LogP contribution in [0.4, 0.5) is 0 Å². The monoisotopic (exact) mass is 342 g/mol. The molecule has 21 heavy (non-hydrogen) atoms. The quantitative estimate of drug-likeness (QED) is 0.746. The van der Waals surface area contributed by atoms with Gasteiger partial charge < -0.3 is 4.98 Å². The van der Waals surface area contributed by atoms with Gasteiger partial charge in [0.05, 0.1) is 10.9 Å². The van der Waals surface area contributed by atoms with E-state index in [0.717, 1.165) is 15.6 Å². The zero-order valence-corrected chi connectivity index (χ0v) is 13.4. The fourth-order valence-corrected chi connectivity index (χ4v) is 2.82. The van der Waals surface area contributed by atoms with E-state index in [0.29, 0.717) is 22.6 Å². The SMILES string of the molecule is CC(C)c1cc(Br)ccc1-c1nc2ccccc2c(=O)[nH]1. The van der Waals surface area contributed by atoms with Crippen molar-refractivity contribution in [1.82, 2.24) is 9.97 Å². The lowest BCUT2D eigenvalue weighted by molar-refractivity contribution is 0.865. The summed E-state index contributed by atoms with van der Waals surface area (Å²) in [4.78, 5) is 19.7. The molecule has 0 saturated carbocycles. The maximum Gasteiger partial charge on any atom is 0.259 e. The smallest absolute Gasteiger partial charge is 0.259 e. The highest BCUT2D eigenvalue weighted by molar-refractivity contribution is 9.10. The van der Waals surface area contributed by atoms with Crippen molar-refractivity contribution in [2.24, 2.45) is 0 Å². The molecule has 0 aliphatic carbocycles. The number of nitrogens with zero attached hydrogens (tertiary/aromatic N) is 1. The lowest BCUT2D eigenvalue weighted by atomic mass is 9.97. The first-order chi connectivity index (χ1) is 10.1. The number of rotatable bonds is 2. The van der Waals surface area contributed by atoms with Gasteiger partial charge in [0.15, 0.2) is 0 Å². The number of hydrogen-bond acceptors (Lipinski definition) is 2. The molecular formula is C17H15BrN2O. The molecule has 0 bridgehead atoms. The molecule has 4 heteroatoms. The van der Waals surface area contributed by atoms with Crippen molar-refractivity contribution in [2.45, 2.75) is 19.8 Å². The van der Waals surface area contributed by atoms with E-state index >= 15 is 0 Å². The summed E-state index contributed by atoms with van der Waals surface area (Å²) in [7, 11) is 0. The molecule has 3 aromatic rings. The molecule has 0 aliphatic rings. The van der Waals surface area contributed by atoms with Crippen LogP contribution in [-0.2, 0) is 0 Å². The van der Waals surface area contributed by atoms with Gasteiger partial charge in [-0.15, -0.1) is 0 Å². The number of nitrogens with one attached hydrogen (secondary N) is 1. The Hall–Kier alpha value is -1.94. The van der Waals surface area contributed by atoms with Crippen LogP contribution in [0.25, 0.3) is 22.3 Å². The predicted octanol–water partition coefficient (Wildman–Crippen LogP) is 4.48. The number of aromatic amines is 1. The van der Waals surface area contributed by atoms with E-state index in [1.807, 2.05) is 30.3 Å². The number of benzene rings is 2. The van der Waals surface area contributed by atoms with Gasteiger partial charge in [-0.2, -0.15) is 0 Å². The lowest BCUT2D eigenvalue weighted by Gasteiger charge is -2.13. The number of para-hydroxylation sites is 1. The Morgan fingerprint density at radius 3 is 2.67 bits per heavy atom. The summed E-state index contributed by atoms with van der Waals surface area (Å²) in [5.74, 6) is 0.962. The summed E-state index contributed by atoms with van der Waals surface area (Å²) in [6.07, 6.45) is 0. The Bertz CT molecular complexity index is 868. The van der Waals surface area contributed by atoms with E-state index in [1.54, 1.807) is 6.07 Å². The Kier molecular flexibility index (Phi) is 3.64.